The zero-order chi connectivity index (χ0) is 16.8. The van der Waals surface area contributed by atoms with E-state index in [1.165, 1.54) is 4.90 Å². The maximum Gasteiger partial charge on any atom is 0.326 e. The molecule has 0 radical (unpaired) electrons. The van der Waals surface area contributed by atoms with Gasteiger partial charge in [0.05, 0.1) is 6.33 Å². The van der Waals surface area contributed by atoms with Crippen LogP contribution in [-0.2, 0) is 16.0 Å². The van der Waals surface area contributed by atoms with E-state index < -0.39 is 17.9 Å². The first-order valence-corrected chi connectivity index (χ1v) is 7.31. The van der Waals surface area contributed by atoms with Crippen LogP contribution in [0.2, 0.25) is 0 Å². The normalized spacial score (nSPS) is 11.7. The van der Waals surface area contributed by atoms with Gasteiger partial charge >= 0.3 is 5.97 Å². The molecule has 0 bridgehead atoms. The number of aromatic nitrogens is 2. The second kappa shape index (κ2) is 7.40. The van der Waals surface area contributed by atoms with Crippen molar-refractivity contribution in [1.82, 2.24) is 14.5 Å². The fourth-order valence-corrected chi connectivity index (χ4v) is 2.47. The molecule has 0 aliphatic rings. The molecule has 0 spiro atoms. The molecule has 1 N–H and O–H groups in total. The summed E-state index contributed by atoms with van der Waals surface area (Å²) in [4.78, 5) is 28.9. The Kier molecular flexibility index (Phi) is 5.30. The van der Waals surface area contributed by atoms with Gasteiger partial charge in [0.25, 0.3) is 0 Å². The third kappa shape index (κ3) is 3.66. The van der Waals surface area contributed by atoms with Crippen LogP contribution in [0.15, 0.2) is 55.5 Å². The number of rotatable bonds is 7. The summed E-state index contributed by atoms with van der Waals surface area (Å²) >= 11 is 0. The lowest BCUT2D eigenvalue weighted by molar-refractivity contribution is -0.148. The average Bonchev–Trinajstić information content (AvgIpc) is 3.03. The number of amides is 1. The van der Waals surface area contributed by atoms with Crippen molar-refractivity contribution in [3.8, 4) is 5.69 Å². The first kappa shape index (κ1) is 16.5. The number of nitrogens with zero attached hydrogens (tertiary/aromatic N) is 3. The SMILES string of the molecule is C=CC(=O)N(CC)[C@@H](Cc1cncn1-c1ccccc1)C(=O)O. The Morgan fingerprint density at radius 3 is 2.65 bits per heavy atom. The number of imidazole rings is 1. The summed E-state index contributed by atoms with van der Waals surface area (Å²) in [6.45, 7) is 5.47. The van der Waals surface area contributed by atoms with Crippen molar-refractivity contribution in [3.05, 3.63) is 61.2 Å². The van der Waals surface area contributed by atoms with Crippen molar-refractivity contribution in [2.24, 2.45) is 0 Å². The van der Waals surface area contributed by atoms with Crippen molar-refractivity contribution >= 4 is 11.9 Å². The Balaban J connectivity index is 2.32. The van der Waals surface area contributed by atoms with Gasteiger partial charge < -0.3 is 14.6 Å². The van der Waals surface area contributed by atoms with Gasteiger partial charge in [-0.3, -0.25) is 4.79 Å². The smallest absolute Gasteiger partial charge is 0.326 e. The lowest BCUT2D eigenvalue weighted by atomic mass is 10.1. The fraction of sp³-hybridized carbons (Fsp3) is 0.235. The van der Waals surface area contributed by atoms with Crippen molar-refractivity contribution in [2.45, 2.75) is 19.4 Å². The number of hydrogen-bond donors (Lipinski definition) is 1. The van der Waals surface area contributed by atoms with Crippen LogP contribution in [0.1, 0.15) is 12.6 Å². The zero-order valence-electron chi connectivity index (χ0n) is 12.9. The number of likely N-dealkylation sites (N-methyl/N-ethyl adjacent to an activating group) is 1. The first-order chi connectivity index (χ1) is 11.1. The summed E-state index contributed by atoms with van der Waals surface area (Å²) in [6.07, 6.45) is 4.55. The molecule has 0 fully saturated rings. The maximum atomic E-state index is 11.9. The van der Waals surface area contributed by atoms with Crippen molar-refractivity contribution in [1.29, 1.82) is 0 Å². The molecule has 2 rings (SSSR count). The second-order valence-corrected chi connectivity index (χ2v) is 4.98. The molecule has 0 saturated heterocycles. The molecular weight excluding hydrogens is 294 g/mol. The van der Waals surface area contributed by atoms with Crippen LogP contribution in [0.25, 0.3) is 5.69 Å². The number of carbonyl (C=O) groups is 2. The Labute approximate surface area is 134 Å². The molecule has 1 aromatic carbocycles. The summed E-state index contributed by atoms with van der Waals surface area (Å²) in [5, 5.41) is 9.52. The molecule has 0 unspecified atom stereocenters. The molecule has 0 saturated carbocycles. The van der Waals surface area contributed by atoms with Crippen LogP contribution < -0.4 is 0 Å². The largest absolute Gasteiger partial charge is 0.480 e. The highest BCUT2D eigenvalue weighted by Gasteiger charge is 2.28. The van der Waals surface area contributed by atoms with Gasteiger partial charge in [0.2, 0.25) is 5.91 Å². The summed E-state index contributed by atoms with van der Waals surface area (Å²) < 4.78 is 1.82. The first-order valence-electron chi connectivity index (χ1n) is 7.31. The third-order valence-electron chi connectivity index (χ3n) is 3.61. The number of carbonyl (C=O) groups excluding carboxylic acids is 1. The number of benzene rings is 1. The van der Waals surface area contributed by atoms with Gasteiger partial charge in [0, 0.05) is 30.5 Å². The van der Waals surface area contributed by atoms with Crippen LogP contribution in [0, 0.1) is 0 Å². The molecule has 120 valence electrons. The predicted octanol–water partition coefficient (Wildman–Crippen LogP) is 1.90. The van der Waals surface area contributed by atoms with E-state index in [0.717, 1.165) is 17.5 Å². The zero-order valence-corrected chi connectivity index (χ0v) is 12.9. The van der Waals surface area contributed by atoms with Crippen LogP contribution in [-0.4, -0.2) is 44.0 Å². The highest BCUT2D eigenvalue weighted by Crippen LogP contribution is 2.15. The second-order valence-electron chi connectivity index (χ2n) is 4.98. The van der Waals surface area contributed by atoms with Gasteiger partial charge in [-0.15, -0.1) is 0 Å². The van der Waals surface area contributed by atoms with Gasteiger partial charge in [-0.1, -0.05) is 24.8 Å². The average molecular weight is 313 g/mol. The van der Waals surface area contributed by atoms with Crippen molar-refractivity contribution in [3.63, 3.8) is 0 Å². The van der Waals surface area contributed by atoms with E-state index >= 15 is 0 Å². The lowest BCUT2D eigenvalue weighted by Gasteiger charge is -2.27. The topological polar surface area (TPSA) is 75.4 Å². The molecule has 1 amide bonds. The Morgan fingerprint density at radius 1 is 1.39 bits per heavy atom. The molecule has 2 aromatic rings. The maximum absolute atomic E-state index is 11.9. The summed E-state index contributed by atoms with van der Waals surface area (Å²) in [7, 11) is 0. The fourth-order valence-electron chi connectivity index (χ4n) is 2.47. The molecule has 23 heavy (non-hydrogen) atoms. The van der Waals surface area contributed by atoms with Gasteiger partial charge in [-0.25, -0.2) is 9.78 Å². The molecule has 0 aliphatic heterocycles. The highest BCUT2D eigenvalue weighted by molar-refractivity contribution is 5.90. The number of carboxylic acids is 1. The standard InChI is InChI=1S/C17H19N3O3/c1-3-16(21)19(4-2)15(17(22)23)10-14-11-18-12-20(14)13-8-6-5-7-9-13/h3,5-9,11-12,15H,1,4,10H2,2H3,(H,22,23)/t15-/m0/s1. The lowest BCUT2D eigenvalue weighted by Crippen LogP contribution is -2.45. The van der Waals surface area contributed by atoms with Crippen molar-refractivity contribution < 1.29 is 14.7 Å². The summed E-state index contributed by atoms with van der Waals surface area (Å²) in [5.41, 5.74) is 1.61. The minimum absolute atomic E-state index is 0.164. The van der Waals surface area contributed by atoms with Gasteiger partial charge in [-0.2, -0.15) is 0 Å². The van der Waals surface area contributed by atoms with E-state index in [9.17, 15) is 14.7 Å². The molecule has 6 heteroatoms. The van der Waals surface area contributed by atoms with Gasteiger partial charge in [-0.05, 0) is 25.1 Å². The third-order valence-corrected chi connectivity index (χ3v) is 3.61. The molecule has 1 aromatic heterocycles. The van der Waals surface area contributed by atoms with Crippen LogP contribution in [0.3, 0.4) is 0 Å². The Hall–Kier alpha value is -2.89. The molecule has 6 nitrogen and oxygen atoms in total. The predicted molar refractivity (Wildman–Crippen MR) is 86.3 cm³/mol. The monoisotopic (exact) mass is 313 g/mol. The number of carboxylic acid groups (broad SMARTS) is 1. The quantitative estimate of drug-likeness (QED) is 0.792. The Bertz CT molecular complexity index is 694. The highest BCUT2D eigenvalue weighted by atomic mass is 16.4. The van der Waals surface area contributed by atoms with E-state index in [-0.39, 0.29) is 6.42 Å². The van der Waals surface area contributed by atoms with Crippen LogP contribution >= 0.6 is 0 Å². The number of para-hydroxylation sites is 1. The molecular formula is C17H19N3O3. The van der Waals surface area contributed by atoms with E-state index in [1.807, 2.05) is 34.9 Å². The summed E-state index contributed by atoms with van der Waals surface area (Å²) in [6, 6.07) is 8.55. The minimum atomic E-state index is -1.05. The molecule has 0 aliphatic carbocycles. The minimum Gasteiger partial charge on any atom is -0.480 e. The van der Waals surface area contributed by atoms with Crippen LogP contribution in [0.5, 0.6) is 0 Å². The summed E-state index contributed by atoms with van der Waals surface area (Å²) in [5.74, 6) is -1.45. The Morgan fingerprint density at radius 2 is 2.09 bits per heavy atom. The van der Waals surface area contributed by atoms with Crippen LogP contribution in [0.4, 0.5) is 0 Å². The van der Waals surface area contributed by atoms with Crippen molar-refractivity contribution in [2.75, 3.05) is 6.54 Å². The van der Waals surface area contributed by atoms with E-state index in [4.69, 9.17) is 0 Å². The molecule has 1 atom stereocenters. The number of aliphatic carboxylic acids is 1. The van der Waals surface area contributed by atoms with Gasteiger partial charge in [0.1, 0.15) is 6.04 Å². The van der Waals surface area contributed by atoms with E-state index in [0.29, 0.717) is 6.54 Å². The van der Waals surface area contributed by atoms with E-state index in [1.54, 1.807) is 19.4 Å². The number of hydrogen-bond acceptors (Lipinski definition) is 3. The van der Waals surface area contributed by atoms with E-state index in [2.05, 4.69) is 11.6 Å². The molecule has 1 heterocycles. The van der Waals surface area contributed by atoms with Gasteiger partial charge in [0.15, 0.2) is 0 Å².